The Kier molecular flexibility index (Phi) is 5.27. The fraction of sp³-hybridized carbons (Fsp3) is 0.556. The third-order valence-corrected chi connectivity index (χ3v) is 6.26. The Morgan fingerprint density at radius 3 is 2.63 bits per heavy atom. The van der Waals surface area contributed by atoms with Crippen molar-refractivity contribution in [2.24, 2.45) is 0 Å². The molecular formula is C9H13ClN2O5S2. The van der Waals surface area contributed by atoms with Gasteiger partial charge in [0.05, 0.1) is 11.5 Å². The summed E-state index contributed by atoms with van der Waals surface area (Å²) in [6.45, 7) is 1.89. The number of hydrogen-bond acceptors (Lipinski definition) is 6. The van der Waals surface area contributed by atoms with E-state index in [0.29, 0.717) is 11.3 Å². The summed E-state index contributed by atoms with van der Waals surface area (Å²) in [7, 11) is -0.963. The van der Waals surface area contributed by atoms with Crippen molar-refractivity contribution in [3.05, 3.63) is 20.5 Å². The van der Waals surface area contributed by atoms with Crippen molar-refractivity contribution < 1.29 is 18.1 Å². The van der Waals surface area contributed by atoms with Gasteiger partial charge in [0.2, 0.25) is 0 Å². The summed E-state index contributed by atoms with van der Waals surface area (Å²) in [4.78, 5) is 9.96. The number of methoxy groups -OCH3 is 1. The molecule has 1 atom stereocenters. The van der Waals surface area contributed by atoms with Crippen molar-refractivity contribution in [2.75, 3.05) is 20.8 Å². The molecule has 19 heavy (non-hydrogen) atoms. The van der Waals surface area contributed by atoms with E-state index < -0.39 is 26.7 Å². The van der Waals surface area contributed by atoms with Gasteiger partial charge in [0.15, 0.2) is 4.34 Å². The first-order valence-corrected chi connectivity index (χ1v) is 7.76. The average molecular weight is 329 g/mol. The van der Waals surface area contributed by atoms with E-state index in [1.54, 1.807) is 6.92 Å². The predicted molar refractivity (Wildman–Crippen MR) is 72.3 cm³/mol. The van der Waals surface area contributed by atoms with Gasteiger partial charge in [-0.15, -0.1) is 11.3 Å². The van der Waals surface area contributed by atoms with E-state index >= 15 is 0 Å². The summed E-state index contributed by atoms with van der Waals surface area (Å²) in [5, 5.41) is 10.7. The van der Waals surface area contributed by atoms with E-state index in [4.69, 9.17) is 16.3 Å². The second kappa shape index (κ2) is 6.14. The molecule has 7 nitrogen and oxygen atoms in total. The zero-order chi connectivity index (χ0) is 14.8. The van der Waals surface area contributed by atoms with E-state index in [0.717, 1.165) is 10.4 Å². The molecule has 0 aliphatic heterocycles. The maximum absolute atomic E-state index is 12.2. The van der Waals surface area contributed by atoms with Gasteiger partial charge in [-0.05, 0) is 6.92 Å². The Hall–Kier alpha value is -0.740. The third kappa shape index (κ3) is 3.42. The molecule has 0 bridgehead atoms. The smallest absolute Gasteiger partial charge is 0.300 e. The number of thiophene rings is 1. The highest BCUT2D eigenvalue weighted by atomic mass is 35.5. The minimum absolute atomic E-state index is 0.156. The molecule has 0 spiro atoms. The van der Waals surface area contributed by atoms with Crippen LogP contribution < -0.4 is 0 Å². The van der Waals surface area contributed by atoms with Crippen LogP contribution in [0, 0.1) is 10.1 Å². The van der Waals surface area contributed by atoms with Crippen LogP contribution in [0.4, 0.5) is 5.69 Å². The quantitative estimate of drug-likeness (QED) is 0.588. The average Bonchev–Trinajstić information content (AvgIpc) is 2.71. The number of halogens is 1. The lowest BCUT2D eigenvalue weighted by atomic mass is 10.4. The predicted octanol–water partition coefficient (Wildman–Crippen LogP) is 1.97. The summed E-state index contributed by atoms with van der Waals surface area (Å²) in [5.74, 6) is 0. The number of rotatable bonds is 6. The molecule has 0 fully saturated rings. The maximum Gasteiger partial charge on any atom is 0.300 e. The minimum Gasteiger partial charge on any atom is -0.383 e. The topological polar surface area (TPSA) is 89.8 Å². The van der Waals surface area contributed by atoms with E-state index in [1.165, 1.54) is 14.2 Å². The largest absolute Gasteiger partial charge is 0.383 e. The molecule has 1 aromatic rings. The van der Waals surface area contributed by atoms with Gasteiger partial charge < -0.3 is 4.74 Å². The second-order valence-electron chi connectivity index (χ2n) is 3.81. The number of sulfonamides is 1. The molecule has 0 aromatic carbocycles. The SMILES string of the molecule is COCC(C)N(C)S(=O)(=O)c1cc([N+](=O)[O-])c(Cl)s1. The number of nitrogens with zero attached hydrogens (tertiary/aromatic N) is 2. The van der Waals surface area contributed by atoms with Gasteiger partial charge in [0, 0.05) is 26.3 Å². The zero-order valence-corrected chi connectivity index (χ0v) is 12.9. The first kappa shape index (κ1) is 16.3. The molecule has 1 rings (SSSR count). The van der Waals surface area contributed by atoms with E-state index in [1.807, 2.05) is 0 Å². The van der Waals surface area contributed by atoms with Gasteiger partial charge in [-0.2, -0.15) is 4.31 Å². The van der Waals surface area contributed by atoms with Crippen LogP contribution in [0.5, 0.6) is 0 Å². The lowest BCUT2D eigenvalue weighted by Crippen LogP contribution is -2.37. The summed E-state index contributed by atoms with van der Waals surface area (Å²) in [6.07, 6.45) is 0. The maximum atomic E-state index is 12.2. The summed E-state index contributed by atoms with van der Waals surface area (Å²) in [5.41, 5.74) is -0.405. The Labute approximate surface area is 119 Å². The van der Waals surface area contributed by atoms with Crippen molar-refractivity contribution in [1.82, 2.24) is 4.31 Å². The Morgan fingerprint density at radius 1 is 1.63 bits per heavy atom. The van der Waals surface area contributed by atoms with Crippen LogP contribution in [-0.4, -0.2) is 44.5 Å². The Bertz CT molecular complexity index is 571. The molecular weight excluding hydrogens is 316 g/mol. The summed E-state index contributed by atoms with van der Waals surface area (Å²) < 4.78 is 30.1. The molecule has 0 radical (unpaired) electrons. The van der Waals surface area contributed by atoms with Crippen molar-refractivity contribution in [2.45, 2.75) is 17.2 Å². The van der Waals surface area contributed by atoms with Gasteiger partial charge in [-0.3, -0.25) is 10.1 Å². The first-order chi connectivity index (χ1) is 8.71. The molecule has 108 valence electrons. The van der Waals surface area contributed by atoms with Crippen molar-refractivity contribution in [3.63, 3.8) is 0 Å². The van der Waals surface area contributed by atoms with Crippen LogP contribution in [0.2, 0.25) is 4.34 Å². The highest BCUT2D eigenvalue weighted by molar-refractivity contribution is 7.91. The van der Waals surface area contributed by atoms with Gasteiger partial charge in [0.1, 0.15) is 4.21 Å². The lowest BCUT2D eigenvalue weighted by Gasteiger charge is -2.22. The highest BCUT2D eigenvalue weighted by Gasteiger charge is 2.30. The van der Waals surface area contributed by atoms with Gasteiger partial charge in [-0.1, -0.05) is 11.6 Å². The number of nitro groups is 1. The molecule has 0 amide bonds. The fourth-order valence-corrected chi connectivity index (χ4v) is 4.51. The molecule has 0 saturated heterocycles. The minimum atomic E-state index is -3.81. The van der Waals surface area contributed by atoms with Crippen LogP contribution in [0.25, 0.3) is 0 Å². The molecule has 0 aliphatic rings. The molecule has 1 unspecified atom stereocenters. The molecule has 1 heterocycles. The monoisotopic (exact) mass is 328 g/mol. The second-order valence-corrected chi connectivity index (χ2v) is 7.69. The van der Waals surface area contributed by atoms with Crippen molar-refractivity contribution in [3.8, 4) is 0 Å². The van der Waals surface area contributed by atoms with Gasteiger partial charge in [0.25, 0.3) is 15.7 Å². The van der Waals surface area contributed by atoms with Crippen molar-refractivity contribution in [1.29, 1.82) is 0 Å². The first-order valence-electron chi connectivity index (χ1n) is 5.12. The molecule has 0 N–H and O–H groups in total. The Balaban J connectivity index is 3.13. The van der Waals surface area contributed by atoms with Crippen LogP contribution in [0.3, 0.4) is 0 Å². The summed E-state index contributed by atoms with van der Waals surface area (Å²) in [6, 6.07) is 0.577. The van der Waals surface area contributed by atoms with E-state index in [2.05, 4.69) is 0 Å². The zero-order valence-electron chi connectivity index (χ0n) is 10.5. The number of likely N-dealkylation sites (N-methyl/N-ethyl adjacent to an activating group) is 1. The van der Waals surface area contributed by atoms with E-state index in [-0.39, 0.29) is 15.2 Å². The normalized spacial score (nSPS) is 13.7. The van der Waals surface area contributed by atoms with Crippen LogP contribution in [0.1, 0.15) is 6.92 Å². The van der Waals surface area contributed by atoms with Gasteiger partial charge >= 0.3 is 0 Å². The Morgan fingerprint density at radius 2 is 2.21 bits per heavy atom. The molecule has 0 saturated carbocycles. The lowest BCUT2D eigenvalue weighted by molar-refractivity contribution is -0.384. The third-order valence-electron chi connectivity index (χ3n) is 2.50. The standard InChI is InChI=1S/C9H13ClN2O5S2/c1-6(5-17-3)11(2)19(15,16)8-4-7(12(13)14)9(10)18-8/h4,6H,5H2,1-3H3. The van der Waals surface area contributed by atoms with Crippen LogP contribution in [-0.2, 0) is 14.8 Å². The van der Waals surface area contributed by atoms with Crippen LogP contribution in [0.15, 0.2) is 10.3 Å². The number of hydrogen-bond donors (Lipinski definition) is 0. The van der Waals surface area contributed by atoms with Crippen molar-refractivity contribution >= 4 is 38.6 Å². The number of ether oxygens (including phenoxy) is 1. The molecule has 10 heteroatoms. The van der Waals surface area contributed by atoms with Crippen LogP contribution >= 0.6 is 22.9 Å². The highest BCUT2D eigenvalue weighted by Crippen LogP contribution is 2.37. The molecule has 1 aromatic heterocycles. The van der Waals surface area contributed by atoms with E-state index in [9.17, 15) is 18.5 Å². The van der Waals surface area contributed by atoms with Gasteiger partial charge in [-0.25, -0.2) is 8.42 Å². The molecule has 0 aliphatic carbocycles. The summed E-state index contributed by atoms with van der Waals surface area (Å²) >= 11 is 6.33. The fourth-order valence-electron chi connectivity index (χ4n) is 1.32.